The van der Waals surface area contributed by atoms with Gasteiger partial charge in [-0.2, -0.15) is 0 Å². The Morgan fingerprint density at radius 2 is 2.14 bits per heavy atom. The highest BCUT2D eigenvalue weighted by Crippen LogP contribution is 1.98. The van der Waals surface area contributed by atoms with Crippen LogP contribution in [0, 0.1) is 0 Å². The maximum absolute atomic E-state index is 10.9. The fourth-order valence-electron chi connectivity index (χ4n) is 0.980. The van der Waals surface area contributed by atoms with Gasteiger partial charge in [0.05, 0.1) is 0 Å². The minimum absolute atomic E-state index is 0.0555. The third-order valence-corrected chi connectivity index (χ3v) is 1.72. The van der Waals surface area contributed by atoms with Gasteiger partial charge in [0.25, 0.3) is 0 Å². The van der Waals surface area contributed by atoms with E-state index in [4.69, 9.17) is 9.47 Å². The molecule has 0 saturated heterocycles. The first kappa shape index (κ1) is 13.2. The summed E-state index contributed by atoms with van der Waals surface area (Å²) in [4.78, 5) is 10.9. The molecule has 3 nitrogen and oxygen atoms in total. The summed E-state index contributed by atoms with van der Waals surface area (Å²) < 4.78 is 9.87. The second kappa shape index (κ2) is 10.3. The monoisotopic (exact) mass is 200 g/mol. The largest absolute Gasteiger partial charge is 0.460 e. The normalized spacial score (nSPS) is 9.79. The van der Waals surface area contributed by atoms with Crippen molar-refractivity contribution in [2.24, 2.45) is 0 Å². The molecule has 0 unspecified atom stereocenters. The number of esters is 1. The maximum atomic E-state index is 10.9. The van der Waals surface area contributed by atoms with Crippen LogP contribution in [0.2, 0.25) is 0 Å². The molecule has 0 aliphatic heterocycles. The highest BCUT2D eigenvalue weighted by Gasteiger charge is 2.00. The van der Waals surface area contributed by atoms with E-state index >= 15 is 0 Å². The molecule has 0 heterocycles. The van der Waals surface area contributed by atoms with Crippen molar-refractivity contribution in [2.45, 2.75) is 32.6 Å². The zero-order valence-corrected chi connectivity index (χ0v) is 8.96. The van der Waals surface area contributed by atoms with E-state index in [0.717, 1.165) is 12.8 Å². The minimum Gasteiger partial charge on any atom is -0.460 e. The minimum atomic E-state index is -0.319. The Labute approximate surface area is 86.1 Å². The van der Waals surface area contributed by atoms with Crippen LogP contribution in [0.3, 0.4) is 0 Å². The van der Waals surface area contributed by atoms with Crippen LogP contribution < -0.4 is 0 Å². The third kappa shape index (κ3) is 9.26. The summed E-state index contributed by atoms with van der Waals surface area (Å²) in [6.45, 7) is 6.56. The molecule has 0 bridgehead atoms. The molecule has 14 heavy (non-hydrogen) atoms. The molecule has 0 radical (unpaired) electrons. The zero-order valence-electron chi connectivity index (χ0n) is 8.96. The van der Waals surface area contributed by atoms with Crippen LogP contribution in [0.25, 0.3) is 0 Å². The van der Waals surface area contributed by atoms with Crippen molar-refractivity contribution in [3.8, 4) is 0 Å². The van der Waals surface area contributed by atoms with E-state index in [1.54, 1.807) is 6.08 Å². The Morgan fingerprint density at radius 3 is 2.79 bits per heavy atom. The number of ether oxygens (including phenoxy) is 2. The van der Waals surface area contributed by atoms with Gasteiger partial charge in [-0.15, -0.1) is 0 Å². The molecular formula is C11H20O3. The van der Waals surface area contributed by atoms with E-state index in [2.05, 4.69) is 13.5 Å². The molecule has 0 saturated carbocycles. The molecule has 82 valence electrons. The zero-order chi connectivity index (χ0) is 10.6. The highest BCUT2D eigenvalue weighted by atomic mass is 16.6. The summed E-state index contributed by atoms with van der Waals surface area (Å²) in [5, 5.41) is 0. The first-order chi connectivity index (χ1) is 6.81. The van der Waals surface area contributed by atoms with Crippen molar-refractivity contribution in [1.29, 1.82) is 0 Å². The van der Waals surface area contributed by atoms with E-state index in [1.165, 1.54) is 12.8 Å². The number of hydrogen-bond acceptors (Lipinski definition) is 3. The van der Waals surface area contributed by atoms with Gasteiger partial charge in [0.1, 0.15) is 13.2 Å². The molecular weight excluding hydrogens is 180 g/mol. The smallest absolute Gasteiger partial charge is 0.332 e. The van der Waals surface area contributed by atoms with Gasteiger partial charge >= 0.3 is 5.97 Å². The average molecular weight is 200 g/mol. The van der Waals surface area contributed by atoms with Crippen molar-refractivity contribution >= 4 is 5.97 Å². The topological polar surface area (TPSA) is 35.5 Å². The van der Waals surface area contributed by atoms with Crippen LogP contribution in [0.5, 0.6) is 0 Å². The first-order valence-corrected chi connectivity index (χ1v) is 5.15. The maximum Gasteiger partial charge on any atom is 0.332 e. The van der Waals surface area contributed by atoms with E-state index in [9.17, 15) is 4.79 Å². The van der Waals surface area contributed by atoms with Crippen molar-refractivity contribution in [2.75, 3.05) is 19.8 Å². The first-order valence-electron chi connectivity index (χ1n) is 5.15. The Kier molecular flexibility index (Phi) is 9.64. The van der Waals surface area contributed by atoms with Crippen LogP contribution >= 0.6 is 0 Å². The van der Waals surface area contributed by atoms with Crippen molar-refractivity contribution in [3.63, 3.8) is 0 Å². The molecule has 0 aromatic heterocycles. The van der Waals surface area contributed by atoms with Gasteiger partial charge in [-0.25, -0.2) is 4.79 Å². The van der Waals surface area contributed by atoms with Crippen LogP contribution in [0.15, 0.2) is 12.7 Å². The molecule has 0 N–H and O–H groups in total. The Bertz CT molecular complexity index is 155. The number of hydrogen-bond donors (Lipinski definition) is 0. The SMILES string of the molecule is C=CCOC(=O)COCCCCCC. The molecule has 0 aliphatic carbocycles. The Balaban J connectivity index is 3.10. The molecule has 0 fully saturated rings. The molecule has 0 amide bonds. The number of carbonyl (C=O) groups is 1. The quantitative estimate of drug-likeness (QED) is 0.325. The van der Waals surface area contributed by atoms with Crippen molar-refractivity contribution < 1.29 is 14.3 Å². The summed E-state index contributed by atoms with van der Waals surface area (Å²) in [6.07, 6.45) is 6.16. The molecule has 0 aromatic carbocycles. The van der Waals surface area contributed by atoms with Gasteiger partial charge in [-0.05, 0) is 6.42 Å². The molecule has 0 spiro atoms. The van der Waals surface area contributed by atoms with Crippen LogP contribution in [-0.2, 0) is 14.3 Å². The summed E-state index contributed by atoms with van der Waals surface area (Å²) >= 11 is 0. The van der Waals surface area contributed by atoms with Gasteiger partial charge in [0.2, 0.25) is 0 Å². The molecule has 0 atom stereocenters. The molecule has 3 heteroatoms. The van der Waals surface area contributed by atoms with Gasteiger partial charge in [0.15, 0.2) is 0 Å². The predicted molar refractivity (Wildman–Crippen MR) is 56.1 cm³/mol. The summed E-state index contributed by atoms with van der Waals surface area (Å²) in [7, 11) is 0. The van der Waals surface area contributed by atoms with Gasteiger partial charge in [-0.1, -0.05) is 38.8 Å². The van der Waals surface area contributed by atoms with Crippen LogP contribution in [0.1, 0.15) is 32.6 Å². The lowest BCUT2D eigenvalue weighted by Gasteiger charge is -2.03. The van der Waals surface area contributed by atoms with E-state index in [1.807, 2.05) is 0 Å². The fraction of sp³-hybridized carbons (Fsp3) is 0.727. The lowest BCUT2D eigenvalue weighted by Crippen LogP contribution is -2.13. The lowest BCUT2D eigenvalue weighted by atomic mass is 10.2. The Morgan fingerprint density at radius 1 is 1.36 bits per heavy atom. The average Bonchev–Trinajstić information content (AvgIpc) is 2.20. The number of carbonyl (C=O) groups excluding carboxylic acids is 1. The van der Waals surface area contributed by atoms with Crippen LogP contribution in [0.4, 0.5) is 0 Å². The van der Waals surface area contributed by atoms with Gasteiger partial charge < -0.3 is 9.47 Å². The predicted octanol–water partition coefficient (Wildman–Crippen LogP) is 2.31. The second-order valence-corrected chi connectivity index (χ2v) is 3.08. The highest BCUT2D eigenvalue weighted by molar-refractivity contribution is 5.70. The standard InChI is InChI=1S/C11H20O3/c1-3-5-6-7-9-13-10-11(12)14-8-4-2/h4H,2-3,5-10H2,1H3. The molecule has 0 rings (SSSR count). The second-order valence-electron chi connectivity index (χ2n) is 3.08. The van der Waals surface area contributed by atoms with E-state index in [-0.39, 0.29) is 19.2 Å². The summed E-state index contributed by atoms with van der Waals surface area (Å²) in [6, 6.07) is 0. The Hall–Kier alpha value is -0.830. The summed E-state index contributed by atoms with van der Waals surface area (Å²) in [5.74, 6) is -0.319. The van der Waals surface area contributed by atoms with E-state index in [0.29, 0.717) is 6.61 Å². The van der Waals surface area contributed by atoms with Gasteiger partial charge in [-0.3, -0.25) is 0 Å². The number of rotatable bonds is 9. The van der Waals surface area contributed by atoms with Crippen LogP contribution in [-0.4, -0.2) is 25.8 Å². The third-order valence-electron chi connectivity index (χ3n) is 1.72. The lowest BCUT2D eigenvalue weighted by molar-refractivity contribution is -0.147. The molecule has 0 aliphatic rings. The fourth-order valence-corrected chi connectivity index (χ4v) is 0.980. The van der Waals surface area contributed by atoms with Gasteiger partial charge in [0, 0.05) is 6.61 Å². The molecule has 0 aromatic rings. The summed E-state index contributed by atoms with van der Waals surface area (Å²) in [5.41, 5.74) is 0. The van der Waals surface area contributed by atoms with E-state index < -0.39 is 0 Å². The number of unbranched alkanes of at least 4 members (excludes halogenated alkanes) is 3. The van der Waals surface area contributed by atoms with Crippen molar-refractivity contribution in [3.05, 3.63) is 12.7 Å². The van der Waals surface area contributed by atoms with Crippen molar-refractivity contribution in [1.82, 2.24) is 0 Å².